The molecule has 2 N–H and O–H groups in total. The maximum atomic E-state index is 11.9. The smallest absolute Gasteiger partial charge is 0.229 e. The Labute approximate surface area is 152 Å². The van der Waals surface area contributed by atoms with Gasteiger partial charge in [-0.1, -0.05) is 48.5 Å². The van der Waals surface area contributed by atoms with Gasteiger partial charge in [0.2, 0.25) is 5.91 Å². The second-order valence-electron chi connectivity index (χ2n) is 5.60. The zero-order valence-electron chi connectivity index (χ0n) is 14.3. The minimum atomic E-state index is -0.166. The average molecular weight is 348 g/mol. The Balaban J connectivity index is 1.41. The van der Waals surface area contributed by atoms with Crippen LogP contribution in [0.3, 0.4) is 0 Å². The van der Waals surface area contributed by atoms with Crippen molar-refractivity contribution in [1.29, 1.82) is 0 Å². The minimum Gasteiger partial charge on any atom is -0.493 e. The van der Waals surface area contributed by atoms with Crippen LogP contribution >= 0.6 is 0 Å². The van der Waals surface area contributed by atoms with Crippen molar-refractivity contribution in [2.75, 3.05) is 17.2 Å². The van der Waals surface area contributed by atoms with Gasteiger partial charge < -0.3 is 15.4 Å². The third kappa shape index (κ3) is 5.59. The molecule has 0 saturated heterocycles. The van der Waals surface area contributed by atoms with Crippen LogP contribution < -0.4 is 15.4 Å². The molecule has 0 radical (unpaired) electrons. The Morgan fingerprint density at radius 1 is 0.846 bits per heavy atom. The van der Waals surface area contributed by atoms with E-state index in [-0.39, 0.29) is 12.3 Å². The molecule has 6 nitrogen and oxygen atoms in total. The largest absolute Gasteiger partial charge is 0.493 e. The highest BCUT2D eigenvalue weighted by atomic mass is 16.5. The number of hydrogen-bond acceptors (Lipinski definition) is 5. The number of carbonyl (C=O) groups excluding carboxylic acids is 1. The standard InChI is InChI=1S/C20H20N4O2/c25-20(13-14-26-17-9-5-2-6-10-17)22-19-12-11-18(23-24-19)21-15-16-7-3-1-4-8-16/h1-12H,13-15H2,(H,21,23)(H,22,24,25). The first-order valence-corrected chi connectivity index (χ1v) is 8.39. The van der Waals surface area contributed by atoms with Gasteiger partial charge >= 0.3 is 0 Å². The summed E-state index contributed by atoms with van der Waals surface area (Å²) in [4.78, 5) is 11.9. The number of ether oxygens (including phenoxy) is 1. The molecule has 26 heavy (non-hydrogen) atoms. The molecule has 0 fully saturated rings. The average Bonchev–Trinajstić information content (AvgIpc) is 2.69. The molecule has 0 unspecified atom stereocenters. The summed E-state index contributed by atoms with van der Waals surface area (Å²) >= 11 is 0. The first kappa shape index (κ1) is 17.4. The van der Waals surface area contributed by atoms with E-state index in [0.29, 0.717) is 24.8 Å². The summed E-state index contributed by atoms with van der Waals surface area (Å²) in [5.41, 5.74) is 1.16. The van der Waals surface area contributed by atoms with Crippen molar-refractivity contribution in [2.24, 2.45) is 0 Å². The summed E-state index contributed by atoms with van der Waals surface area (Å²) in [5.74, 6) is 1.65. The molecule has 0 aliphatic heterocycles. The molecule has 0 atom stereocenters. The second kappa shape index (κ2) is 9.17. The summed E-state index contributed by atoms with van der Waals surface area (Å²) in [6, 6.07) is 22.9. The van der Waals surface area contributed by atoms with Crippen LogP contribution in [0.25, 0.3) is 0 Å². The molecule has 132 valence electrons. The Kier molecular flexibility index (Phi) is 6.14. The van der Waals surface area contributed by atoms with E-state index in [0.717, 1.165) is 11.3 Å². The predicted octanol–water partition coefficient (Wildman–Crippen LogP) is 3.50. The quantitative estimate of drug-likeness (QED) is 0.652. The molecule has 6 heteroatoms. The third-order valence-electron chi connectivity index (χ3n) is 3.59. The fraction of sp³-hybridized carbons (Fsp3) is 0.150. The first-order valence-electron chi connectivity index (χ1n) is 8.39. The number of benzene rings is 2. The van der Waals surface area contributed by atoms with Crippen molar-refractivity contribution in [3.8, 4) is 5.75 Å². The lowest BCUT2D eigenvalue weighted by molar-refractivity contribution is -0.116. The molecule has 1 aromatic heterocycles. The molecule has 1 heterocycles. The zero-order valence-corrected chi connectivity index (χ0v) is 14.3. The lowest BCUT2D eigenvalue weighted by atomic mass is 10.2. The van der Waals surface area contributed by atoms with E-state index < -0.39 is 0 Å². The Morgan fingerprint density at radius 3 is 2.19 bits per heavy atom. The molecule has 3 rings (SSSR count). The van der Waals surface area contributed by atoms with Crippen LogP contribution in [-0.4, -0.2) is 22.7 Å². The van der Waals surface area contributed by atoms with E-state index >= 15 is 0 Å². The van der Waals surface area contributed by atoms with Gasteiger partial charge in [-0.25, -0.2) is 0 Å². The van der Waals surface area contributed by atoms with Gasteiger partial charge in [0, 0.05) is 6.54 Å². The molecular formula is C20H20N4O2. The van der Waals surface area contributed by atoms with Crippen molar-refractivity contribution in [2.45, 2.75) is 13.0 Å². The number of aromatic nitrogens is 2. The van der Waals surface area contributed by atoms with E-state index in [4.69, 9.17) is 4.74 Å². The van der Waals surface area contributed by atoms with Crippen LogP contribution in [0.4, 0.5) is 11.6 Å². The van der Waals surface area contributed by atoms with Gasteiger partial charge in [-0.05, 0) is 29.8 Å². The molecule has 0 bridgehead atoms. The normalized spacial score (nSPS) is 10.2. The number of hydrogen-bond donors (Lipinski definition) is 2. The fourth-order valence-corrected chi connectivity index (χ4v) is 2.27. The zero-order chi connectivity index (χ0) is 18.0. The van der Waals surface area contributed by atoms with Crippen LogP contribution in [0.2, 0.25) is 0 Å². The summed E-state index contributed by atoms with van der Waals surface area (Å²) in [6.45, 7) is 0.970. The van der Waals surface area contributed by atoms with E-state index in [1.165, 1.54) is 0 Å². The summed E-state index contributed by atoms with van der Waals surface area (Å²) in [5, 5.41) is 14.0. The van der Waals surface area contributed by atoms with Gasteiger partial charge in [-0.15, -0.1) is 10.2 Å². The second-order valence-corrected chi connectivity index (χ2v) is 5.60. The van der Waals surface area contributed by atoms with Crippen LogP contribution in [0, 0.1) is 0 Å². The van der Waals surface area contributed by atoms with Gasteiger partial charge in [0.15, 0.2) is 5.82 Å². The SMILES string of the molecule is O=C(CCOc1ccccc1)Nc1ccc(NCc2ccccc2)nn1. The molecule has 1 amide bonds. The van der Waals surface area contributed by atoms with Crippen LogP contribution in [0.1, 0.15) is 12.0 Å². The van der Waals surface area contributed by atoms with Crippen LogP contribution in [0.15, 0.2) is 72.8 Å². The molecule has 0 aliphatic carbocycles. The monoisotopic (exact) mass is 348 g/mol. The molecule has 3 aromatic rings. The highest BCUT2D eigenvalue weighted by Gasteiger charge is 2.05. The van der Waals surface area contributed by atoms with Crippen molar-refractivity contribution in [3.05, 3.63) is 78.4 Å². The third-order valence-corrected chi connectivity index (χ3v) is 3.59. The Morgan fingerprint density at radius 2 is 1.50 bits per heavy atom. The summed E-state index contributed by atoms with van der Waals surface area (Å²) in [6.07, 6.45) is 0.241. The molecule has 0 saturated carbocycles. The number of anilines is 2. The van der Waals surface area contributed by atoms with Crippen LogP contribution in [-0.2, 0) is 11.3 Å². The van der Waals surface area contributed by atoms with E-state index in [1.54, 1.807) is 12.1 Å². The Bertz CT molecular complexity index is 808. The summed E-state index contributed by atoms with van der Waals surface area (Å²) < 4.78 is 5.50. The number of amides is 1. The van der Waals surface area contributed by atoms with Gasteiger partial charge in [0.1, 0.15) is 11.6 Å². The van der Waals surface area contributed by atoms with Crippen molar-refractivity contribution >= 4 is 17.5 Å². The number of para-hydroxylation sites is 1. The first-order chi connectivity index (χ1) is 12.8. The van der Waals surface area contributed by atoms with E-state index in [2.05, 4.69) is 20.8 Å². The highest BCUT2D eigenvalue weighted by molar-refractivity contribution is 5.89. The number of nitrogens with one attached hydrogen (secondary N) is 2. The number of rotatable bonds is 8. The van der Waals surface area contributed by atoms with Crippen LogP contribution in [0.5, 0.6) is 5.75 Å². The van der Waals surface area contributed by atoms with Crippen molar-refractivity contribution in [3.63, 3.8) is 0 Å². The van der Waals surface area contributed by atoms with Crippen molar-refractivity contribution in [1.82, 2.24) is 10.2 Å². The molecular weight excluding hydrogens is 328 g/mol. The van der Waals surface area contributed by atoms with E-state index in [9.17, 15) is 4.79 Å². The molecule has 0 aliphatic rings. The topological polar surface area (TPSA) is 76.1 Å². The Hall–Kier alpha value is -3.41. The highest BCUT2D eigenvalue weighted by Crippen LogP contribution is 2.10. The molecule has 0 spiro atoms. The fourth-order valence-electron chi connectivity index (χ4n) is 2.27. The minimum absolute atomic E-state index is 0.166. The summed E-state index contributed by atoms with van der Waals surface area (Å²) in [7, 11) is 0. The van der Waals surface area contributed by atoms with Crippen molar-refractivity contribution < 1.29 is 9.53 Å². The van der Waals surface area contributed by atoms with Gasteiger partial charge in [0.25, 0.3) is 0 Å². The maximum absolute atomic E-state index is 11.9. The number of nitrogens with zero attached hydrogens (tertiary/aromatic N) is 2. The maximum Gasteiger partial charge on any atom is 0.229 e. The lowest BCUT2D eigenvalue weighted by Crippen LogP contribution is -2.16. The molecule has 2 aromatic carbocycles. The number of carbonyl (C=O) groups is 1. The van der Waals surface area contributed by atoms with Gasteiger partial charge in [-0.2, -0.15) is 0 Å². The lowest BCUT2D eigenvalue weighted by Gasteiger charge is -2.08. The van der Waals surface area contributed by atoms with E-state index in [1.807, 2.05) is 60.7 Å². The predicted molar refractivity (Wildman–Crippen MR) is 101 cm³/mol. The van der Waals surface area contributed by atoms with Gasteiger partial charge in [0.05, 0.1) is 13.0 Å². The van der Waals surface area contributed by atoms with Gasteiger partial charge in [-0.3, -0.25) is 4.79 Å².